The van der Waals surface area contributed by atoms with Crippen molar-refractivity contribution in [3.05, 3.63) is 0 Å². The molecule has 0 heterocycles. The summed E-state index contributed by atoms with van der Waals surface area (Å²) < 4.78 is 0. The fraction of sp³-hybridized carbons (Fsp3) is 0.500. The summed E-state index contributed by atoms with van der Waals surface area (Å²) in [5.41, 5.74) is 0. The van der Waals surface area contributed by atoms with Gasteiger partial charge in [-0.1, -0.05) is 0 Å². The average Bonchev–Trinajstić information content (AvgIpc) is 1.84. The van der Waals surface area contributed by atoms with Crippen molar-refractivity contribution in [3.63, 3.8) is 0 Å². The van der Waals surface area contributed by atoms with E-state index in [1.165, 1.54) is 0 Å². The highest BCUT2D eigenvalue weighted by atomic mass is 35.5. The lowest BCUT2D eigenvalue weighted by Gasteiger charge is -2.05. The van der Waals surface area contributed by atoms with Crippen LogP contribution in [0, 0.1) is 0 Å². The fourth-order valence-electron chi connectivity index (χ4n) is 0.250. The van der Waals surface area contributed by atoms with Crippen molar-refractivity contribution in [3.8, 4) is 0 Å². The summed E-state index contributed by atoms with van der Waals surface area (Å²) in [6.45, 7) is 0. The topological polar surface area (TPSA) is 74.6 Å². The van der Waals surface area contributed by atoms with E-state index >= 15 is 0 Å². The lowest BCUT2D eigenvalue weighted by Crippen LogP contribution is -2.31. The molecule has 2 atom stereocenters. The second-order valence-electron chi connectivity index (χ2n) is 1.48. The third-order valence-corrected chi connectivity index (χ3v) is 1.74. The summed E-state index contributed by atoms with van der Waals surface area (Å²) in [7, 11) is 0. The van der Waals surface area contributed by atoms with Gasteiger partial charge in [0.2, 0.25) is 0 Å². The SMILES string of the molecule is O=C(O)[C@H](Cl)[C@@H](Cl)C(=O)O. The van der Waals surface area contributed by atoms with Crippen LogP contribution in [0.2, 0.25) is 0 Å². The van der Waals surface area contributed by atoms with Crippen LogP contribution in [-0.2, 0) is 9.59 Å². The Hall–Kier alpha value is -0.480. The molecule has 0 unspecified atom stereocenters. The van der Waals surface area contributed by atoms with Gasteiger partial charge in [-0.25, -0.2) is 0 Å². The van der Waals surface area contributed by atoms with Gasteiger partial charge in [-0.2, -0.15) is 0 Å². The van der Waals surface area contributed by atoms with Gasteiger partial charge in [-0.05, 0) is 0 Å². The number of carbonyl (C=O) groups is 2. The Morgan fingerprint density at radius 1 is 1.00 bits per heavy atom. The Bertz CT molecular complexity index is 139. The van der Waals surface area contributed by atoms with Gasteiger partial charge < -0.3 is 10.2 Å². The van der Waals surface area contributed by atoms with Crippen molar-refractivity contribution in [2.24, 2.45) is 0 Å². The predicted molar refractivity (Wildman–Crippen MR) is 34.6 cm³/mol. The molecule has 0 saturated heterocycles. The maximum absolute atomic E-state index is 9.97. The monoisotopic (exact) mass is 186 g/mol. The maximum Gasteiger partial charge on any atom is 0.323 e. The molecular weight excluding hydrogens is 183 g/mol. The minimum atomic E-state index is -1.58. The first-order valence-corrected chi connectivity index (χ1v) is 3.08. The maximum atomic E-state index is 9.97. The number of rotatable bonds is 3. The van der Waals surface area contributed by atoms with Gasteiger partial charge in [0.05, 0.1) is 0 Å². The predicted octanol–water partition coefficient (Wildman–Crippen LogP) is 0.370. The van der Waals surface area contributed by atoms with Crippen molar-refractivity contribution in [2.75, 3.05) is 0 Å². The molecule has 0 fully saturated rings. The fourth-order valence-corrected chi connectivity index (χ4v) is 0.466. The number of alkyl halides is 2. The van der Waals surface area contributed by atoms with E-state index in [0.29, 0.717) is 0 Å². The van der Waals surface area contributed by atoms with Crippen LogP contribution in [0.15, 0.2) is 0 Å². The van der Waals surface area contributed by atoms with Crippen molar-refractivity contribution in [1.82, 2.24) is 0 Å². The molecule has 10 heavy (non-hydrogen) atoms. The minimum absolute atomic E-state index is 1.44. The minimum Gasteiger partial charge on any atom is -0.480 e. The zero-order valence-corrected chi connectivity index (χ0v) is 6.13. The van der Waals surface area contributed by atoms with Gasteiger partial charge in [0.1, 0.15) is 0 Å². The molecule has 0 spiro atoms. The van der Waals surface area contributed by atoms with E-state index < -0.39 is 22.7 Å². The molecule has 0 radical (unpaired) electrons. The molecule has 0 amide bonds. The van der Waals surface area contributed by atoms with Crippen molar-refractivity contribution in [2.45, 2.75) is 10.8 Å². The van der Waals surface area contributed by atoms with Gasteiger partial charge in [-0.15, -0.1) is 23.2 Å². The average molecular weight is 187 g/mol. The van der Waals surface area contributed by atoms with Crippen LogP contribution in [0.4, 0.5) is 0 Å². The van der Waals surface area contributed by atoms with E-state index in [9.17, 15) is 9.59 Å². The Labute approximate surface area is 66.4 Å². The number of carboxylic acids is 2. The Morgan fingerprint density at radius 2 is 1.20 bits per heavy atom. The van der Waals surface area contributed by atoms with Crippen molar-refractivity contribution < 1.29 is 19.8 Å². The zero-order valence-electron chi connectivity index (χ0n) is 4.62. The van der Waals surface area contributed by atoms with E-state index in [2.05, 4.69) is 0 Å². The highest BCUT2D eigenvalue weighted by Gasteiger charge is 2.29. The van der Waals surface area contributed by atoms with E-state index in [1.54, 1.807) is 0 Å². The van der Waals surface area contributed by atoms with E-state index in [1.807, 2.05) is 0 Å². The summed E-state index contributed by atoms with van der Waals surface area (Å²) >= 11 is 10.1. The molecule has 58 valence electrons. The second-order valence-corrected chi connectivity index (χ2v) is 2.42. The first kappa shape index (κ1) is 9.52. The molecule has 0 aromatic carbocycles. The van der Waals surface area contributed by atoms with Crippen LogP contribution >= 0.6 is 23.2 Å². The Kier molecular flexibility index (Phi) is 3.46. The standard InChI is InChI=1S/C4H4Cl2O4/c5-1(3(7)8)2(6)4(9)10/h1-2H,(H,7,8)(H,9,10)/t1-,2-/m1/s1. The number of hydrogen-bond acceptors (Lipinski definition) is 2. The lowest BCUT2D eigenvalue weighted by molar-refractivity contribution is -0.142. The molecule has 0 aromatic rings. The van der Waals surface area contributed by atoms with Crippen LogP contribution in [0.25, 0.3) is 0 Å². The van der Waals surface area contributed by atoms with Gasteiger partial charge in [0.15, 0.2) is 10.8 Å². The largest absolute Gasteiger partial charge is 0.480 e. The molecule has 4 nitrogen and oxygen atoms in total. The quantitative estimate of drug-likeness (QED) is 0.625. The molecule has 2 N–H and O–H groups in total. The van der Waals surface area contributed by atoms with Crippen LogP contribution in [0.3, 0.4) is 0 Å². The van der Waals surface area contributed by atoms with E-state index in [-0.39, 0.29) is 0 Å². The van der Waals surface area contributed by atoms with Crippen molar-refractivity contribution >= 4 is 35.1 Å². The van der Waals surface area contributed by atoms with Gasteiger partial charge >= 0.3 is 11.9 Å². The molecule has 0 aliphatic rings. The van der Waals surface area contributed by atoms with Gasteiger partial charge in [0.25, 0.3) is 0 Å². The lowest BCUT2D eigenvalue weighted by atomic mass is 10.3. The molecule has 0 rings (SSSR count). The van der Waals surface area contributed by atoms with Gasteiger partial charge in [0, 0.05) is 0 Å². The molecule has 0 aliphatic carbocycles. The smallest absolute Gasteiger partial charge is 0.323 e. The molecule has 0 saturated carbocycles. The summed E-state index contributed by atoms with van der Waals surface area (Å²) in [6.07, 6.45) is 0. The third kappa shape index (κ3) is 2.41. The number of aliphatic carboxylic acids is 2. The number of hydrogen-bond donors (Lipinski definition) is 2. The first-order chi connectivity index (χ1) is 4.46. The Balaban J connectivity index is 4.07. The summed E-state index contributed by atoms with van der Waals surface area (Å²) in [6, 6.07) is 0. The second kappa shape index (κ2) is 3.63. The summed E-state index contributed by atoms with van der Waals surface area (Å²) in [5, 5.41) is 13.1. The zero-order chi connectivity index (χ0) is 8.31. The summed E-state index contributed by atoms with van der Waals surface area (Å²) in [4.78, 5) is 19.9. The number of carboxylic acid groups (broad SMARTS) is 2. The Morgan fingerprint density at radius 3 is 1.30 bits per heavy atom. The number of halogens is 2. The van der Waals surface area contributed by atoms with Gasteiger partial charge in [-0.3, -0.25) is 9.59 Å². The normalized spacial score (nSPS) is 15.8. The van der Waals surface area contributed by atoms with Crippen LogP contribution in [0.5, 0.6) is 0 Å². The summed E-state index contributed by atoms with van der Waals surface area (Å²) in [5.74, 6) is -2.88. The molecule has 6 heteroatoms. The molecule has 0 aliphatic heterocycles. The molecule has 0 aromatic heterocycles. The highest BCUT2D eigenvalue weighted by Crippen LogP contribution is 2.09. The molecule has 0 bridgehead atoms. The van der Waals surface area contributed by atoms with Crippen LogP contribution in [-0.4, -0.2) is 32.9 Å². The third-order valence-electron chi connectivity index (χ3n) is 0.729. The first-order valence-electron chi connectivity index (χ1n) is 2.20. The van der Waals surface area contributed by atoms with Crippen molar-refractivity contribution in [1.29, 1.82) is 0 Å². The highest BCUT2D eigenvalue weighted by molar-refractivity contribution is 6.41. The van der Waals surface area contributed by atoms with E-state index in [0.717, 1.165) is 0 Å². The van der Waals surface area contributed by atoms with Crippen LogP contribution < -0.4 is 0 Å². The van der Waals surface area contributed by atoms with Crippen LogP contribution in [0.1, 0.15) is 0 Å². The molecular formula is C4H4Cl2O4. The van der Waals surface area contributed by atoms with E-state index in [4.69, 9.17) is 33.4 Å².